The highest BCUT2D eigenvalue weighted by Gasteiger charge is 2.28. The molecule has 2 aliphatic heterocycles. The van der Waals surface area contributed by atoms with E-state index in [0.29, 0.717) is 55.3 Å². The fraction of sp³-hybridized carbons (Fsp3) is 0.450. The lowest BCUT2D eigenvalue weighted by Gasteiger charge is -2.35. The van der Waals surface area contributed by atoms with Crippen LogP contribution < -0.4 is 9.64 Å². The Morgan fingerprint density at radius 1 is 1.30 bits per heavy atom. The third kappa shape index (κ3) is 3.84. The van der Waals surface area contributed by atoms with Crippen molar-refractivity contribution in [3.63, 3.8) is 0 Å². The summed E-state index contributed by atoms with van der Waals surface area (Å²) in [5.74, 6) is 1.41. The quantitative estimate of drug-likeness (QED) is 0.613. The molecule has 0 aromatic carbocycles. The van der Waals surface area contributed by atoms with Crippen LogP contribution >= 0.6 is 11.7 Å². The predicted octanol–water partition coefficient (Wildman–Crippen LogP) is 3.07. The zero-order valence-corrected chi connectivity index (χ0v) is 17.3. The zero-order chi connectivity index (χ0) is 20.5. The number of hydrogen-bond donors (Lipinski definition) is 0. The molecule has 0 radical (unpaired) electrons. The Morgan fingerprint density at radius 2 is 2.23 bits per heavy atom. The summed E-state index contributed by atoms with van der Waals surface area (Å²) in [5, 5.41) is 0. The second-order valence-corrected chi connectivity index (χ2v) is 8.09. The Kier molecular flexibility index (Phi) is 5.26. The third-order valence-corrected chi connectivity index (χ3v) is 6.01. The van der Waals surface area contributed by atoms with Crippen LogP contribution in [0.5, 0.6) is 5.88 Å². The van der Waals surface area contributed by atoms with Crippen molar-refractivity contribution >= 4 is 17.5 Å². The lowest BCUT2D eigenvalue weighted by atomic mass is 9.99. The molecule has 5 heterocycles. The van der Waals surface area contributed by atoms with Gasteiger partial charge >= 0.3 is 0 Å². The van der Waals surface area contributed by atoms with Crippen LogP contribution in [0.1, 0.15) is 30.6 Å². The first-order chi connectivity index (χ1) is 14.7. The molecule has 1 fully saturated rings. The lowest BCUT2D eigenvalue weighted by molar-refractivity contribution is 0.165. The van der Waals surface area contributed by atoms with Crippen molar-refractivity contribution in [3.8, 4) is 17.4 Å². The molecule has 5 rings (SSSR count). The van der Waals surface area contributed by atoms with Crippen LogP contribution in [0.2, 0.25) is 0 Å². The van der Waals surface area contributed by atoms with Crippen molar-refractivity contribution in [3.05, 3.63) is 41.6 Å². The molecule has 2 aliphatic rings. The summed E-state index contributed by atoms with van der Waals surface area (Å²) in [4.78, 5) is 15.8. The predicted molar refractivity (Wildman–Crippen MR) is 109 cm³/mol. The highest BCUT2D eigenvalue weighted by Crippen LogP contribution is 2.33. The third-order valence-electron chi connectivity index (χ3n) is 5.54. The fourth-order valence-corrected chi connectivity index (χ4v) is 4.27. The maximum absolute atomic E-state index is 14.3. The van der Waals surface area contributed by atoms with Crippen LogP contribution in [-0.2, 0) is 11.2 Å². The summed E-state index contributed by atoms with van der Waals surface area (Å²) in [6.07, 6.45) is 5.16. The molecule has 2 unspecified atom stereocenters. The average Bonchev–Trinajstić information content (AvgIpc) is 3.46. The minimum atomic E-state index is -0.363. The van der Waals surface area contributed by atoms with E-state index in [1.807, 2.05) is 6.20 Å². The Bertz CT molecular complexity index is 1030. The van der Waals surface area contributed by atoms with E-state index >= 15 is 0 Å². The Balaban J connectivity index is 1.36. The average molecular weight is 428 g/mol. The second-order valence-electron chi connectivity index (χ2n) is 7.53. The highest BCUT2D eigenvalue weighted by molar-refractivity contribution is 6.99. The molecule has 0 aliphatic carbocycles. The van der Waals surface area contributed by atoms with Gasteiger partial charge in [-0.05, 0) is 13.3 Å². The lowest BCUT2D eigenvalue weighted by Crippen LogP contribution is -2.35. The van der Waals surface area contributed by atoms with Crippen LogP contribution in [0.25, 0.3) is 11.5 Å². The van der Waals surface area contributed by atoms with Gasteiger partial charge < -0.3 is 14.4 Å². The zero-order valence-electron chi connectivity index (χ0n) is 16.5. The molecular formula is C20H21FN6O2S. The van der Waals surface area contributed by atoms with E-state index < -0.39 is 0 Å². The highest BCUT2D eigenvalue weighted by atomic mass is 32.1. The number of fused-ring (bicyclic) bond motifs is 1. The molecule has 8 nitrogen and oxygen atoms in total. The van der Waals surface area contributed by atoms with E-state index in [4.69, 9.17) is 9.47 Å². The summed E-state index contributed by atoms with van der Waals surface area (Å²) in [5.41, 5.74) is 2.66. The maximum atomic E-state index is 14.3. The molecule has 1 saturated heterocycles. The normalized spacial score (nSPS) is 20.9. The molecule has 3 aromatic rings. The molecule has 0 amide bonds. The number of anilines is 1. The smallest absolute Gasteiger partial charge is 0.218 e. The number of halogens is 1. The molecule has 2 atom stereocenters. The Labute approximate surface area is 177 Å². The fourth-order valence-electron chi connectivity index (χ4n) is 3.86. The minimum absolute atomic E-state index is 0.0401. The number of ether oxygens (including phenoxy) is 2. The van der Waals surface area contributed by atoms with Gasteiger partial charge in [0.2, 0.25) is 5.88 Å². The van der Waals surface area contributed by atoms with Gasteiger partial charge in [0.15, 0.2) is 5.82 Å². The molecule has 10 heteroatoms. The second kappa shape index (κ2) is 8.19. The first-order valence-corrected chi connectivity index (χ1v) is 10.7. The van der Waals surface area contributed by atoms with Crippen molar-refractivity contribution in [2.45, 2.75) is 25.8 Å². The van der Waals surface area contributed by atoms with Crippen molar-refractivity contribution in [2.24, 2.45) is 5.92 Å². The van der Waals surface area contributed by atoms with Crippen LogP contribution in [0, 0.1) is 11.7 Å². The van der Waals surface area contributed by atoms with Crippen LogP contribution in [0.15, 0.2) is 24.5 Å². The maximum Gasteiger partial charge on any atom is 0.218 e. The molecule has 30 heavy (non-hydrogen) atoms. The SMILES string of the molecule is CC1c2cnc(-c3cnsn3)nc2CCN1c1cc(F)cc(OCC2CCOC2)n1. The van der Waals surface area contributed by atoms with Crippen LogP contribution in [0.4, 0.5) is 10.2 Å². The molecular weight excluding hydrogens is 407 g/mol. The van der Waals surface area contributed by atoms with Gasteiger partial charge in [-0.2, -0.15) is 13.7 Å². The largest absolute Gasteiger partial charge is 0.477 e. The van der Waals surface area contributed by atoms with Gasteiger partial charge in [0.25, 0.3) is 0 Å². The number of aromatic nitrogens is 5. The first-order valence-electron chi connectivity index (χ1n) is 9.96. The van der Waals surface area contributed by atoms with Gasteiger partial charge in [-0.1, -0.05) is 0 Å². The van der Waals surface area contributed by atoms with Crippen molar-refractivity contribution in [1.82, 2.24) is 23.7 Å². The number of pyridine rings is 1. The Hall–Kier alpha value is -2.72. The van der Waals surface area contributed by atoms with E-state index in [-0.39, 0.29) is 11.9 Å². The van der Waals surface area contributed by atoms with E-state index in [1.165, 1.54) is 12.1 Å². The van der Waals surface area contributed by atoms with E-state index in [2.05, 4.69) is 35.5 Å². The topological polar surface area (TPSA) is 86.2 Å². The van der Waals surface area contributed by atoms with Crippen molar-refractivity contribution in [1.29, 1.82) is 0 Å². The summed E-state index contributed by atoms with van der Waals surface area (Å²) < 4.78 is 33.7. The van der Waals surface area contributed by atoms with Gasteiger partial charge in [0, 0.05) is 49.4 Å². The summed E-state index contributed by atoms with van der Waals surface area (Å²) in [6, 6.07) is 2.74. The summed E-state index contributed by atoms with van der Waals surface area (Å²) >= 11 is 1.13. The van der Waals surface area contributed by atoms with Gasteiger partial charge in [-0.15, -0.1) is 0 Å². The van der Waals surface area contributed by atoms with Crippen LogP contribution in [-0.4, -0.2) is 50.1 Å². The van der Waals surface area contributed by atoms with E-state index in [9.17, 15) is 4.39 Å². The first kappa shape index (κ1) is 19.3. The Morgan fingerprint density at radius 3 is 3.03 bits per heavy atom. The molecule has 3 aromatic heterocycles. The van der Waals surface area contributed by atoms with Gasteiger partial charge in [-0.25, -0.2) is 14.4 Å². The molecule has 0 spiro atoms. The van der Waals surface area contributed by atoms with Gasteiger partial charge in [-0.3, -0.25) is 0 Å². The minimum Gasteiger partial charge on any atom is -0.477 e. The summed E-state index contributed by atoms with van der Waals surface area (Å²) in [6.45, 7) is 4.64. The number of rotatable bonds is 5. The van der Waals surface area contributed by atoms with E-state index in [0.717, 1.165) is 36.0 Å². The van der Waals surface area contributed by atoms with Crippen molar-refractivity contribution in [2.75, 3.05) is 31.3 Å². The number of hydrogen-bond acceptors (Lipinski definition) is 9. The van der Waals surface area contributed by atoms with Crippen molar-refractivity contribution < 1.29 is 13.9 Å². The number of nitrogens with zero attached hydrogens (tertiary/aromatic N) is 6. The molecule has 0 saturated carbocycles. The van der Waals surface area contributed by atoms with Crippen LogP contribution in [0.3, 0.4) is 0 Å². The van der Waals surface area contributed by atoms with Gasteiger partial charge in [0.05, 0.1) is 42.9 Å². The standard InChI is InChI=1S/C20H21FN6O2S/c1-12-15-8-22-20(17-9-23-30-26-17)24-16(15)2-4-27(12)18-6-14(21)7-19(25-18)29-11-13-3-5-28-10-13/h6-9,12-13H,2-5,10-11H2,1H3. The van der Waals surface area contributed by atoms with Gasteiger partial charge in [0.1, 0.15) is 17.3 Å². The molecule has 156 valence electrons. The monoisotopic (exact) mass is 428 g/mol. The summed E-state index contributed by atoms with van der Waals surface area (Å²) in [7, 11) is 0. The van der Waals surface area contributed by atoms with E-state index in [1.54, 1.807) is 6.20 Å². The molecule has 0 bridgehead atoms. The molecule has 0 N–H and O–H groups in total.